The van der Waals surface area contributed by atoms with Crippen molar-refractivity contribution < 1.29 is 30.8 Å². The summed E-state index contributed by atoms with van der Waals surface area (Å²) in [5.41, 5.74) is 0.948. The van der Waals surface area contributed by atoms with Crippen LogP contribution in [0.1, 0.15) is 21.7 Å². The van der Waals surface area contributed by atoms with Crippen molar-refractivity contribution in [3.05, 3.63) is 83.8 Å². The van der Waals surface area contributed by atoms with Crippen LogP contribution in [-0.2, 0) is 16.2 Å². The Labute approximate surface area is 169 Å². The van der Waals surface area contributed by atoms with Gasteiger partial charge in [-0.2, -0.15) is 18.3 Å². The highest BCUT2D eigenvalue weighted by molar-refractivity contribution is 7.92. The lowest BCUT2D eigenvalue weighted by atomic mass is 10.2. The molecule has 0 unspecified atom stereocenters. The molecular formula is C19H14F3N3O4S. The number of benzene rings is 2. The van der Waals surface area contributed by atoms with Crippen LogP contribution in [0.4, 0.5) is 18.9 Å². The third kappa shape index (κ3) is 5.26. The molecule has 0 atom stereocenters. The highest BCUT2D eigenvalue weighted by atomic mass is 32.2. The Morgan fingerprint density at radius 2 is 1.80 bits per heavy atom. The van der Waals surface area contributed by atoms with Crippen molar-refractivity contribution in [3.63, 3.8) is 0 Å². The molecule has 0 aliphatic carbocycles. The van der Waals surface area contributed by atoms with Crippen molar-refractivity contribution >= 4 is 27.8 Å². The second-order valence-electron chi connectivity index (χ2n) is 5.93. The summed E-state index contributed by atoms with van der Waals surface area (Å²) in [4.78, 5) is 11.9. The molecule has 3 rings (SSSR count). The predicted octanol–water partition coefficient (Wildman–Crippen LogP) is 3.86. The Hall–Kier alpha value is -3.60. The molecule has 0 saturated carbocycles. The average Bonchev–Trinajstić information content (AvgIpc) is 3.21. The summed E-state index contributed by atoms with van der Waals surface area (Å²) in [6.45, 7) is 0. The summed E-state index contributed by atoms with van der Waals surface area (Å²) in [6, 6.07) is 12.0. The van der Waals surface area contributed by atoms with E-state index in [0.717, 1.165) is 18.2 Å². The van der Waals surface area contributed by atoms with E-state index in [4.69, 9.17) is 4.42 Å². The molecule has 2 N–H and O–H groups in total. The Balaban J connectivity index is 1.76. The van der Waals surface area contributed by atoms with Gasteiger partial charge in [-0.15, -0.1) is 0 Å². The van der Waals surface area contributed by atoms with Crippen LogP contribution in [0.2, 0.25) is 0 Å². The molecule has 3 aromatic rings. The zero-order valence-electron chi connectivity index (χ0n) is 15.1. The Bertz CT molecular complexity index is 1170. The smallest absolute Gasteiger partial charge is 0.416 e. The number of nitrogens with zero attached hydrogens (tertiary/aromatic N) is 1. The number of halogens is 3. The number of hydrazone groups is 1. The molecule has 0 aliphatic heterocycles. The van der Waals surface area contributed by atoms with Crippen LogP contribution in [-0.4, -0.2) is 20.5 Å². The molecule has 1 heterocycles. The summed E-state index contributed by atoms with van der Waals surface area (Å²) in [7, 11) is -4.24. The number of nitrogens with one attached hydrogen (secondary N) is 2. The minimum atomic E-state index is -4.62. The Morgan fingerprint density at radius 3 is 2.50 bits per heavy atom. The van der Waals surface area contributed by atoms with E-state index >= 15 is 0 Å². The molecule has 1 amide bonds. The van der Waals surface area contributed by atoms with Gasteiger partial charge in [-0.05, 0) is 48.5 Å². The highest BCUT2D eigenvalue weighted by Gasteiger charge is 2.30. The first-order valence-corrected chi connectivity index (χ1v) is 9.80. The van der Waals surface area contributed by atoms with Gasteiger partial charge in [-0.25, -0.2) is 13.8 Å². The second-order valence-corrected chi connectivity index (χ2v) is 7.61. The number of hydrogen-bond donors (Lipinski definition) is 2. The van der Waals surface area contributed by atoms with Gasteiger partial charge in [-0.3, -0.25) is 9.52 Å². The summed E-state index contributed by atoms with van der Waals surface area (Å²) in [5, 5.41) is 3.69. The number of carbonyl (C=O) groups is 1. The van der Waals surface area contributed by atoms with E-state index in [2.05, 4.69) is 15.2 Å². The molecule has 1 aromatic heterocycles. The summed E-state index contributed by atoms with van der Waals surface area (Å²) >= 11 is 0. The Morgan fingerprint density at radius 1 is 1.03 bits per heavy atom. The molecule has 0 spiro atoms. The molecule has 30 heavy (non-hydrogen) atoms. The van der Waals surface area contributed by atoms with Crippen LogP contribution in [0.5, 0.6) is 0 Å². The molecular weight excluding hydrogens is 423 g/mol. The monoisotopic (exact) mass is 437 g/mol. The first kappa shape index (κ1) is 21.1. The number of anilines is 1. The van der Waals surface area contributed by atoms with E-state index in [1.54, 1.807) is 12.1 Å². The number of sulfonamides is 1. The number of amides is 1. The van der Waals surface area contributed by atoms with Gasteiger partial charge in [0.05, 0.1) is 22.9 Å². The van der Waals surface area contributed by atoms with Crippen molar-refractivity contribution in [2.24, 2.45) is 5.10 Å². The number of hydrogen-bond acceptors (Lipinski definition) is 5. The largest absolute Gasteiger partial charge is 0.463 e. The van der Waals surface area contributed by atoms with E-state index < -0.39 is 27.7 Å². The maximum atomic E-state index is 12.8. The molecule has 11 heteroatoms. The first-order valence-electron chi connectivity index (χ1n) is 8.32. The Kier molecular flexibility index (Phi) is 5.92. The maximum absolute atomic E-state index is 12.8. The molecule has 0 aliphatic rings. The molecule has 0 saturated heterocycles. The van der Waals surface area contributed by atoms with Crippen molar-refractivity contribution in [3.8, 4) is 0 Å². The molecule has 7 nitrogen and oxygen atoms in total. The minimum Gasteiger partial charge on any atom is -0.463 e. The van der Waals surface area contributed by atoms with Crippen LogP contribution in [0.3, 0.4) is 0 Å². The topological polar surface area (TPSA) is 101 Å². The molecule has 2 aromatic carbocycles. The number of rotatable bonds is 6. The number of furan rings is 1. The fourth-order valence-electron chi connectivity index (χ4n) is 2.36. The maximum Gasteiger partial charge on any atom is 0.416 e. The lowest BCUT2D eigenvalue weighted by Gasteiger charge is -2.11. The van der Waals surface area contributed by atoms with E-state index in [9.17, 15) is 26.4 Å². The zero-order chi connectivity index (χ0) is 21.8. The standard InChI is InChI=1S/C19H14F3N3O4S/c20-19(21,22)14-5-2-6-15(11-14)25-30(27,28)17-8-1-4-13(10-17)18(26)24-23-12-16-7-3-9-29-16/h1-12,25H,(H,24,26)/b23-12+. The van der Waals surface area contributed by atoms with Crippen LogP contribution < -0.4 is 10.1 Å². The molecule has 0 fully saturated rings. The van der Waals surface area contributed by atoms with Gasteiger partial charge in [-0.1, -0.05) is 12.1 Å². The van der Waals surface area contributed by atoms with Gasteiger partial charge >= 0.3 is 6.18 Å². The van der Waals surface area contributed by atoms with E-state index in [-0.39, 0.29) is 16.1 Å². The lowest BCUT2D eigenvalue weighted by molar-refractivity contribution is -0.137. The third-order valence-electron chi connectivity index (χ3n) is 3.75. The molecule has 0 bridgehead atoms. The van der Waals surface area contributed by atoms with Crippen LogP contribution >= 0.6 is 0 Å². The van der Waals surface area contributed by atoms with Crippen molar-refractivity contribution in [1.82, 2.24) is 5.43 Å². The molecule has 156 valence electrons. The third-order valence-corrected chi connectivity index (χ3v) is 5.13. The van der Waals surface area contributed by atoms with Gasteiger partial charge in [0, 0.05) is 11.3 Å². The highest BCUT2D eigenvalue weighted by Crippen LogP contribution is 2.31. The molecule has 0 radical (unpaired) electrons. The number of alkyl halides is 3. The van der Waals surface area contributed by atoms with Gasteiger partial charge in [0.1, 0.15) is 5.76 Å². The van der Waals surface area contributed by atoms with Gasteiger partial charge < -0.3 is 4.42 Å². The summed E-state index contributed by atoms with van der Waals surface area (Å²) < 4.78 is 70.6. The fourth-order valence-corrected chi connectivity index (χ4v) is 3.46. The quantitative estimate of drug-likeness (QED) is 0.452. The zero-order valence-corrected chi connectivity index (χ0v) is 15.9. The van der Waals surface area contributed by atoms with Crippen LogP contribution in [0.25, 0.3) is 0 Å². The average molecular weight is 437 g/mol. The second kappa shape index (κ2) is 8.41. The van der Waals surface area contributed by atoms with Gasteiger partial charge in [0.15, 0.2) is 0 Å². The number of carbonyl (C=O) groups excluding carboxylic acids is 1. The van der Waals surface area contributed by atoms with Gasteiger partial charge in [0.2, 0.25) is 0 Å². The van der Waals surface area contributed by atoms with Crippen molar-refractivity contribution in [1.29, 1.82) is 0 Å². The first-order chi connectivity index (χ1) is 14.1. The van der Waals surface area contributed by atoms with Crippen LogP contribution in [0, 0.1) is 0 Å². The van der Waals surface area contributed by atoms with E-state index in [1.165, 1.54) is 36.7 Å². The van der Waals surface area contributed by atoms with Crippen molar-refractivity contribution in [2.45, 2.75) is 11.1 Å². The summed E-state index contributed by atoms with van der Waals surface area (Å²) in [5.74, 6) is -0.286. The fraction of sp³-hybridized carbons (Fsp3) is 0.0526. The lowest BCUT2D eigenvalue weighted by Crippen LogP contribution is -2.19. The minimum absolute atomic E-state index is 0.0153. The van der Waals surface area contributed by atoms with E-state index in [0.29, 0.717) is 11.8 Å². The normalized spacial score (nSPS) is 12.1. The SMILES string of the molecule is O=C(N/N=C/c1ccco1)c1cccc(S(=O)(=O)Nc2cccc(C(F)(F)F)c2)c1. The van der Waals surface area contributed by atoms with Crippen LogP contribution in [0.15, 0.2) is 81.3 Å². The van der Waals surface area contributed by atoms with E-state index in [1.807, 2.05) is 0 Å². The predicted molar refractivity (Wildman–Crippen MR) is 102 cm³/mol. The summed E-state index contributed by atoms with van der Waals surface area (Å²) in [6.07, 6.45) is -1.93. The van der Waals surface area contributed by atoms with Crippen molar-refractivity contribution in [2.75, 3.05) is 4.72 Å². The van der Waals surface area contributed by atoms with Gasteiger partial charge in [0.25, 0.3) is 15.9 Å².